The molecule has 0 bridgehead atoms. The predicted molar refractivity (Wildman–Crippen MR) is 52.1 cm³/mol. The minimum Gasteiger partial charge on any atom is -0.305 e. The molecule has 1 aliphatic rings. The van der Waals surface area contributed by atoms with Gasteiger partial charge < -0.3 is 5.32 Å². The third-order valence-electron chi connectivity index (χ3n) is 2.53. The number of hydrogen-bond donors (Lipinski definition) is 1. The van der Waals surface area contributed by atoms with E-state index in [-0.39, 0.29) is 11.3 Å². The van der Waals surface area contributed by atoms with E-state index in [1.807, 2.05) is 6.92 Å². The van der Waals surface area contributed by atoms with E-state index in [4.69, 9.17) is 0 Å². The Labute approximate surface area is 81.3 Å². The van der Waals surface area contributed by atoms with Gasteiger partial charge in [-0.2, -0.15) is 0 Å². The molecular weight excluding hydrogens is 184 g/mol. The molecule has 1 aromatic rings. The van der Waals surface area contributed by atoms with E-state index >= 15 is 0 Å². The highest BCUT2D eigenvalue weighted by Crippen LogP contribution is 2.24. The van der Waals surface area contributed by atoms with Crippen molar-refractivity contribution in [2.75, 3.05) is 6.54 Å². The largest absolute Gasteiger partial charge is 0.305 e. The van der Waals surface area contributed by atoms with Crippen LogP contribution in [0, 0.1) is 0 Å². The Morgan fingerprint density at radius 2 is 2.62 bits per heavy atom. The standard InChI is InChI=1S/C9H12N2OS/c1-9(4-2-5-10-9)8(12)7-3-6-11-13-7/h3,6,10H,2,4-5H2,1H3. The fraction of sp³-hybridized carbons (Fsp3) is 0.556. The number of hydrogen-bond acceptors (Lipinski definition) is 4. The second kappa shape index (κ2) is 3.20. The van der Waals surface area contributed by atoms with Gasteiger partial charge in [0.2, 0.25) is 0 Å². The van der Waals surface area contributed by atoms with Crippen molar-refractivity contribution in [1.29, 1.82) is 0 Å². The first kappa shape index (κ1) is 8.84. The van der Waals surface area contributed by atoms with Crippen LogP contribution in [-0.4, -0.2) is 22.2 Å². The van der Waals surface area contributed by atoms with Crippen LogP contribution in [0.4, 0.5) is 0 Å². The molecule has 1 unspecified atom stereocenters. The van der Waals surface area contributed by atoms with Crippen molar-refractivity contribution in [2.45, 2.75) is 25.3 Å². The smallest absolute Gasteiger partial charge is 0.194 e. The molecule has 0 saturated carbocycles. The van der Waals surface area contributed by atoms with Crippen molar-refractivity contribution in [1.82, 2.24) is 9.69 Å². The molecule has 70 valence electrons. The molecule has 1 aromatic heterocycles. The van der Waals surface area contributed by atoms with Crippen molar-refractivity contribution >= 4 is 17.3 Å². The molecule has 0 aromatic carbocycles. The van der Waals surface area contributed by atoms with E-state index in [0.717, 1.165) is 24.3 Å². The van der Waals surface area contributed by atoms with Crippen LogP contribution in [0.1, 0.15) is 29.4 Å². The molecule has 1 N–H and O–H groups in total. The number of nitrogens with one attached hydrogen (secondary N) is 1. The van der Waals surface area contributed by atoms with Crippen LogP contribution in [0.3, 0.4) is 0 Å². The van der Waals surface area contributed by atoms with Crippen LogP contribution in [0.25, 0.3) is 0 Å². The molecular formula is C9H12N2OS. The summed E-state index contributed by atoms with van der Waals surface area (Å²) in [6.07, 6.45) is 3.70. The van der Waals surface area contributed by atoms with E-state index < -0.39 is 0 Å². The van der Waals surface area contributed by atoms with Gasteiger partial charge in [0.05, 0.1) is 10.4 Å². The zero-order chi connectivity index (χ0) is 9.31. The van der Waals surface area contributed by atoms with E-state index in [9.17, 15) is 4.79 Å². The van der Waals surface area contributed by atoms with Gasteiger partial charge in [-0.05, 0) is 43.9 Å². The maximum absolute atomic E-state index is 11.9. The summed E-state index contributed by atoms with van der Waals surface area (Å²) >= 11 is 1.28. The van der Waals surface area contributed by atoms with E-state index in [2.05, 4.69) is 9.69 Å². The Bertz CT molecular complexity index is 301. The molecule has 0 radical (unpaired) electrons. The highest BCUT2D eigenvalue weighted by atomic mass is 32.1. The lowest BCUT2D eigenvalue weighted by Gasteiger charge is -2.21. The zero-order valence-electron chi connectivity index (χ0n) is 7.54. The average molecular weight is 196 g/mol. The second-order valence-corrected chi connectivity index (χ2v) is 4.40. The number of ketones is 1. The average Bonchev–Trinajstić information content (AvgIpc) is 2.73. The fourth-order valence-corrected chi connectivity index (χ4v) is 2.36. The maximum atomic E-state index is 11.9. The number of rotatable bonds is 2. The molecule has 3 nitrogen and oxygen atoms in total. The topological polar surface area (TPSA) is 42.0 Å². The fourth-order valence-electron chi connectivity index (χ4n) is 1.69. The van der Waals surface area contributed by atoms with Gasteiger partial charge in [-0.15, -0.1) is 0 Å². The van der Waals surface area contributed by atoms with Crippen molar-refractivity contribution < 1.29 is 4.79 Å². The Morgan fingerprint density at radius 1 is 1.77 bits per heavy atom. The quantitative estimate of drug-likeness (QED) is 0.728. The monoisotopic (exact) mass is 196 g/mol. The third kappa shape index (κ3) is 1.51. The molecule has 13 heavy (non-hydrogen) atoms. The molecule has 0 amide bonds. The number of nitrogens with zero attached hydrogens (tertiary/aromatic N) is 1. The van der Waals surface area contributed by atoms with Gasteiger partial charge in [0, 0.05) is 6.20 Å². The van der Waals surface area contributed by atoms with Crippen LogP contribution in [0.2, 0.25) is 0 Å². The molecule has 1 saturated heterocycles. The van der Waals surface area contributed by atoms with E-state index in [0.29, 0.717) is 0 Å². The molecule has 0 aliphatic carbocycles. The van der Waals surface area contributed by atoms with Gasteiger partial charge in [-0.1, -0.05) is 0 Å². The van der Waals surface area contributed by atoms with Crippen molar-refractivity contribution in [3.05, 3.63) is 17.1 Å². The summed E-state index contributed by atoms with van der Waals surface area (Å²) in [4.78, 5) is 12.7. The third-order valence-corrected chi connectivity index (χ3v) is 3.28. The van der Waals surface area contributed by atoms with Crippen molar-refractivity contribution in [3.8, 4) is 0 Å². The Kier molecular flexibility index (Phi) is 2.17. The van der Waals surface area contributed by atoms with Gasteiger partial charge >= 0.3 is 0 Å². The van der Waals surface area contributed by atoms with Gasteiger partial charge in [0.15, 0.2) is 5.78 Å². The summed E-state index contributed by atoms with van der Waals surface area (Å²) in [7, 11) is 0. The molecule has 2 heterocycles. The second-order valence-electron chi connectivity index (χ2n) is 3.57. The first-order valence-corrected chi connectivity index (χ1v) is 5.20. The minimum atomic E-state index is -0.341. The lowest BCUT2D eigenvalue weighted by atomic mass is 9.94. The summed E-state index contributed by atoms with van der Waals surface area (Å²) in [5.41, 5.74) is -0.341. The zero-order valence-corrected chi connectivity index (χ0v) is 8.36. The molecule has 1 aliphatic heterocycles. The Balaban J connectivity index is 2.21. The highest BCUT2D eigenvalue weighted by molar-refractivity contribution is 7.08. The van der Waals surface area contributed by atoms with Crippen molar-refractivity contribution in [3.63, 3.8) is 0 Å². The Morgan fingerprint density at radius 3 is 3.15 bits per heavy atom. The summed E-state index contributed by atoms with van der Waals surface area (Å²) < 4.78 is 3.94. The van der Waals surface area contributed by atoms with Gasteiger partial charge in [-0.25, -0.2) is 4.37 Å². The van der Waals surface area contributed by atoms with Crippen LogP contribution in [0.5, 0.6) is 0 Å². The molecule has 0 spiro atoms. The lowest BCUT2D eigenvalue weighted by Crippen LogP contribution is -2.44. The summed E-state index contributed by atoms with van der Waals surface area (Å²) in [5.74, 6) is 0.188. The van der Waals surface area contributed by atoms with Crippen molar-refractivity contribution in [2.24, 2.45) is 0 Å². The summed E-state index contributed by atoms with van der Waals surface area (Å²) in [5, 5.41) is 3.25. The van der Waals surface area contributed by atoms with Crippen LogP contribution >= 0.6 is 11.5 Å². The number of Topliss-reactive ketones (excluding diaryl/α,β-unsaturated/α-hetero) is 1. The van der Waals surface area contributed by atoms with Gasteiger partial charge in [0.1, 0.15) is 0 Å². The molecule has 4 heteroatoms. The highest BCUT2D eigenvalue weighted by Gasteiger charge is 2.36. The normalized spacial score (nSPS) is 27.8. The van der Waals surface area contributed by atoms with Crippen LogP contribution in [0.15, 0.2) is 12.3 Å². The van der Waals surface area contributed by atoms with Crippen LogP contribution in [-0.2, 0) is 0 Å². The summed E-state index contributed by atoms with van der Waals surface area (Å²) in [6.45, 7) is 2.92. The number of carbonyl (C=O) groups excluding carboxylic acids is 1. The van der Waals surface area contributed by atoms with E-state index in [1.165, 1.54) is 11.5 Å². The van der Waals surface area contributed by atoms with Gasteiger partial charge in [0.25, 0.3) is 0 Å². The molecule has 2 rings (SSSR count). The minimum absolute atomic E-state index is 0.188. The van der Waals surface area contributed by atoms with E-state index in [1.54, 1.807) is 12.3 Å². The lowest BCUT2D eigenvalue weighted by molar-refractivity contribution is 0.0888. The Hall–Kier alpha value is -0.740. The SMILES string of the molecule is CC1(C(=O)c2ccns2)CCCN1. The molecule has 1 fully saturated rings. The number of carbonyl (C=O) groups is 1. The first-order chi connectivity index (χ1) is 6.22. The van der Waals surface area contributed by atoms with Gasteiger partial charge in [-0.3, -0.25) is 4.79 Å². The maximum Gasteiger partial charge on any atom is 0.194 e. The number of aromatic nitrogens is 1. The predicted octanol–water partition coefficient (Wildman–Crippen LogP) is 1.47. The first-order valence-electron chi connectivity index (χ1n) is 4.43. The van der Waals surface area contributed by atoms with Crippen LogP contribution < -0.4 is 5.32 Å². The summed E-state index contributed by atoms with van der Waals surface area (Å²) in [6, 6.07) is 1.79. The molecule has 1 atom stereocenters.